The first-order valence-corrected chi connectivity index (χ1v) is 7.30. The highest BCUT2D eigenvalue weighted by Crippen LogP contribution is 2.28. The highest BCUT2D eigenvalue weighted by Gasteiger charge is 2.32. The van der Waals surface area contributed by atoms with Gasteiger partial charge < -0.3 is 9.64 Å². The summed E-state index contributed by atoms with van der Waals surface area (Å²) in [7, 11) is 0. The lowest BCUT2D eigenvalue weighted by atomic mass is 10.1. The molecule has 1 atom stereocenters. The Morgan fingerprint density at radius 1 is 1.38 bits per heavy atom. The molecule has 0 aromatic heterocycles. The van der Waals surface area contributed by atoms with Crippen LogP contribution in [0.5, 0.6) is 0 Å². The second kappa shape index (κ2) is 7.68. The summed E-state index contributed by atoms with van der Waals surface area (Å²) in [6.45, 7) is 2.34. The molecule has 21 heavy (non-hydrogen) atoms. The van der Waals surface area contributed by atoms with Crippen LogP contribution in [0.4, 0.5) is 18.0 Å². The van der Waals surface area contributed by atoms with Crippen LogP contribution in [0.25, 0.3) is 0 Å². The average molecular weight is 368 g/mol. The fourth-order valence-electron chi connectivity index (χ4n) is 1.89. The van der Waals surface area contributed by atoms with E-state index >= 15 is 0 Å². The summed E-state index contributed by atoms with van der Waals surface area (Å²) in [5, 5.41) is 0. The lowest BCUT2D eigenvalue weighted by molar-refractivity contribution is -0.162. The topological polar surface area (TPSA) is 29.5 Å². The SMILES string of the molecule is CCCN(C(=O)OCC(F)(F)F)C(C)c1ccccc1Br. The highest BCUT2D eigenvalue weighted by molar-refractivity contribution is 9.10. The summed E-state index contributed by atoms with van der Waals surface area (Å²) in [5.74, 6) is 0. The normalized spacial score (nSPS) is 12.9. The Kier molecular flexibility index (Phi) is 6.51. The van der Waals surface area contributed by atoms with Crippen LogP contribution in [0, 0.1) is 0 Å². The van der Waals surface area contributed by atoms with Crippen LogP contribution in [0.3, 0.4) is 0 Å². The van der Waals surface area contributed by atoms with Gasteiger partial charge in [0.2, 0.25) is 0 Å². The molecule has 1 unspecified atom stereocenters. The number of nitrogens with zero attached hydrogens (tertiary/aromatic N) is 1. The first-order valence-electron chi connectivity index (χ1n) is 6.50. The maximum absolute atomic E-state index is 12.2. The largest absolute Gasteiger partial charge is 0.440 e. The Labute approximate surface area is 130 Å². The third-order valence-electron chi connectivity index (χ3n) is 2.88. The molecular weight excluding hydrogens is 351 g/mol. The minimum atomic E-state index is -4.52. The molecular formula is C14H17BrF3NO2. The van der Waals surface area contributed by atoms with Gasteiger partial charge in [0.15, 0.2) is 6.61 Å². The van der Waals surface area contributed by atoms with E-state index in [1.54, 1.807) is 6.92 Å². The van der Waals surface area contributed by atoms with Gasteiger partial charge in [0.05, 0.1) is 6.04 Å². The van der Waals surface area contributed by atoms with Crippen LogP contribution in [-0.4, -0.2) is 30.3 Å². The molecule has 0 N–H and O–H groups in total. The molecule has 1 amide bonds. The second-order valence-electron chi connectivity index (χ2n) is 4.56. The molecule has 0 aliphatic carbocycles. The third-order valence-corrected chi connectivity index (χ3v) is 3.60. The number of halogens is 4. The second-order valence-corrected chi connectivity index (χ2v) is 5.41. The zero-order chi connectivity index (χ0) is 16.0. The summed E-state index contributed by atoms with van der Waals surface area (Å²) in [6.07, 6.45) is -4.86. The molecule has 1 aromatic carbocycles. The average Bonchev–Trinajstić information content (AvgIpc) is 2.41. The summed E-state index contributed by atoms with van der Waals surface area (Å²) in [6, 6.07) is 6.88. The monoisotopic (exact) mass is 367 g/mol. The molecule has 7 heteroatoms. The van der Waals surface area contributed by atoms with Gasteiger partial charge in [-0.15, -0.1) is 0 Å². The lowest BCUT2D eigenvalue weighted by Gasteiger charge is -2.29. The van der Waals surface area contributed by atoms with Gasteiger partial charge in [-0.25, -0.2) is 4.79 Å². The van der Waals surface area contributed by atoms with Crippen LogP contribution in [0.15, 0.2) is 28.7 Å². The zero-order valence-electron chi connectivity index (χ0n) is 11.8. The Balaban J connectivity index is 2.85. The van der Waals surface area contributed by atoms with Crippen molar-refractivity contribution in [1.82, 2.24) is 4.90 Å². The number of hydrogen-bond donors (Lipinski definition) is 0. The van der Waals surface area contributed by atoms with Gasteiger partial charge in [0.25, 0.3) is 0 Å². The van der Waals surface area contributed by atoms with Gasteiger partial charge in [0, 0.05) is 11.0 Å². The maximum Gasteiger partial charge on any atom is 0.422 e. The van der Waals surface area contributed by atoms with Gasteiger partial charge in [-0.2, -0.15) is 13.2 Å². The van der Waals surface area contributed by atoms with Crippen LogP contribution in [-0.2, 0) is 4.74 Å². The number of benzene rings is 1. The molecule has 1 aromatic rings. The Morgan fingerprint density at radius 2 is 2.00 bits per heavy atom. The predicted molar refractivity (Wildman–Crippen MR) is 77.0 cm³/mol. The smallest absolute Gasteiger partial charge is 0.422 e. The van der Waals surface area contributed by atoms with Gasteiger partial charge in [-0.05, 0) is 25.0 Å². The van der Waals surface area contributed by atoms with Crippen molar-refractivity contribution in [3.63, 3.8) is 0 Å². The molecule has 0 saturated carbocycles. The van der Waals surface area contributed by atoms with Crippen LogP contribution in [0.1, 0.15) is 31.9 Å². The number of amides is 1. The summed E-state index contributed by atoms with van der Waals surface area (Å²) >= 11 is 3.38. The first-order chi connectivity index (χ1) is 9.76. The molecule has 0 bridgehead atoms. The van der Waals surface area contributed by atoms with Crippen molar-refractivity contribution in [2.75, 3.05) is 13.2 Å². The number of ether oxygens (including phenoxy) is 1. The van der Waals surface area contributed by atoms with Gasteiger partial charge in [-0.1, -0.05) is 41.1 Å². The van der Waals surface area contributed by atoms with E-state index in [0.717, 1.165) is 10.0 Å². The van der Waals surface area contributed by atoms with Crippen molar-refractivity contribution >= 4 is 22.0 Å². The molecule has 0 aliphatic heterocycles. The molecule has 0 saturated heterocycles. The predicted octanol–water partition coefficient (Wildman–Crippen LogP) is 4.92. The van der Waals surface area contributed by atoms with E-state index in [-0.39, 0.29) is 6.04 Å². The number of alkyl halides is 3. The minimum absolute atomic E-state index is 0.319. The van der Waals surface area contributed by atoms with E-state index in [1.165, 1.54) is 4.90 Å². The van der Waals surface area contributed by atoms with Crippen LogP contribution >= 0.6 is 15.9 Å². The summed E-state index contributed by atoms with van der Waals surface area (Å²) < 4.78 is 41.6. The number of hydrogen-bond acceptors (Lipinski definition) is 2. The van der Waals surface area contributed by atoms with E-state index in [1.807, 2.05) is 31.2 Å². The Morgan fingerprint density at radius 3 is 2.52 bits per heavy atom. The van der Waals surface area contributed by atoms with Gasteiger partial charge in [0.1, 0.15) is 0 Å². The van der Waals surface area contributed by atoms with Crippen molar-refractivity contribution in [1.29, 1.82) is 0 Å². The number of rotatable bonds is 5. The van der Waals surface area contributed by atoms with E-state index in [0.29, 0.717) is 13.0 Å². The fraction of sp³-hybridized carbons (Fsp3) is 0.500. The third kappa shape index (κ3) is 5.57. The molecule has 0 radical (unpaired) electrons. The van der Waals surface area contributed by atoms with Crippen molar-refractivity contribution in [3.05, 3.63) is 34.3 Å². The molecule has 3 nitrogen and oxygen atoms in total. The number of carbonyl (C=O) groups is 1. The van der Waals surface area contributed by atoms with E-state index in [4.69, 9.17) is 0 Å². The molecule has 0 heterocycles. The van der Waals surface area contributed by atoms with E-state index < -0.39 is 18.9 Å². The lowest BCUT2D eigenvalue weighted by Crippen LogP contribution is -2.36. The minimum Gasteiger partial charge on any atom is -0.440 e. The van der Waals surface area contributed by atoms with Crippen LogP contribution in [0.2, 0.25) is 0 Å². The Bertz CT molecular complexity index is 480. The van der Waals surface area contributed by atoms with Crippen molar-refractivity contribution in [2.24, 2.45) is 0 Å². The summed E-state index contributed by atoms with van der Waals surface area (Å²) in [4.78, 5) is 13.2. The summed E-state index contributed by atoms with van der Waals surface area (Å²) in [5.41, 5.74) is 0.815. The number of carbonyl (C=O) groups excluding carboxylic acids is 1. The molecule has 0 spiro atoms. The molecule has 0 aliphatic rings. The maximum atomic E-state index is 12.2. The van der Waals surface area contributed by atoms with Crippen LogP contribution < -0.4 is 0 Å². The zero-order valence-corrected chi connectivity index (χ0v) is 13.4. The van der Waals surface area contributed by atoms with E-state index in [2.05, 4.69) is 20.7 Å². The van der Waals surface area contributed by atoms with Crippen molar-refractivity contribution in [2.45, 2.75) is 32.5 Å². The van der Waals surface area contributed by atoms with Gasteiger partial charge in [-0.3, -0.25) is 0 Å². The molecule has 118 valence electrons. The highest BCUT2D eigenvalue weighted by atomic mass is 79.9. The van der Waals surface area contributed by atoms with Crippen molar-refractivity contribution < 1.29 is 22.7 Å². The van der Waals surface area contributed by atoms with Crippen molar-refractivity contribution in [3.8, 4) is 0 Å². The molecule has 1 rings (SSSR count). The quantitative estimate of drug-likeness (QED) is 0.738. The standard InChI is InChI=1S/C14H17BrF3NO2/c1-3-8-19(13(20)21-9-14(16,17)18)10(2)11-6-4-5-7-12(11)15/h4-7,10H,3,8-9H2,1-2H3. The fourth-order valence-corrected chi connectivity index (χ4v) is 2.51. The van der Waals surface area contributed by atoms with E-state index in [9.17, 15) is 18.0 Å². The van der Waals surface area contributed by atoms with Gasteiger partial charge >= 0.3 is 12.3 Å². The Hall–Kier alpha value is -1.24. The molecule has 0 fully saturated rings. The first kappa shape index (κ1) is 17.8.